The third-order valence-electron chi connectivity index (χ3n) is 6.33. The molecule has 2 aromatic carbocycles. The predicted molar refractivity (Wildman–Crippen MR) is 107 cm³/mol. The standard InChI is InChI=1S/C22H25NO4S/c24-21(17-7-3-1-4-8-17)20-15-23(19-11-14-28(26,27)16-19)13-12-22(20,25)18-9-5-2-6-10-18/h1-10,19-20,25H,11-16H2/p+1/t19-,20-,22+/m1/s1. The van der Waals surface area contributed by atoms with E-state index in [1.807, 2.05) is 48.5 Å². The van der Waals surface area contributed by atoms with Gasteiger partial charge in [-0.25, -0.2) is 8.42 Å². The Bertz CT molecular complexity index is 945. The summed E-state index contributed by atoms with van der Waals surface area (Å²) in [7, 11) is -2.98. The summed E-state index contributed by atoms with van der Waals surface area (Å²) in [5, 5.41) is 11.6. The lowest BCUT2D eigenvalue weighted by atomic mass is 9.72. The molecular weight excluding hydrogens is 374 g/mol. The molecule has 0 radical (unpaired) electrons. The fourth-order valence-electron chi connectivity index (χ4n) is 4.73. The van der Waals surface area contributed by atoms with E-state index in [0.717, 1.165) is 10.5 Å². The van der Waals surface area contributed by atoms with E-state index in [1.165, 1.54) is 0 Å². The van der Waals surface area contributed by atoms with Crippen molar-refractivity contribution in [2.45, 2.75) is 24.5 Å². The first-order chi connectivity index (χ1) is 13.4. The average molecular weight is 401 g/mol. The second kappa shape index (κ2) is 7.43. The number of aliphatic hydroxyl groups is 1. The summed E-state index contributed by atoms with van der Waals surface area (Å²) in [5.74, 6) is -0.283. The van der Waals surface area contributed by atoms with E-state index in [1.54, 1.807) is 12.1 Å². The number of hydrogen-bond donors (Lipinski definition) is 2. The number of rotatable bonds is 4. The maximum atomic E-state index is 13.4. The van der Waals surface area contributed by atoms with Crippen LogP contribution in [0.2, 0.25) is 0 Å². The summed E-state index contributed by atoms with van der Waals surface area (Å²) in [4.78, 5) is 14.5. The highest BCUT2D eigenvalue weighted by Crippen LogP contribution is 2.36. The van der Waals surface area contributed by atoms with Gasteiger partial charge in [-0.3, -0.25) is 4.79 Å². The molecule has 0 bridgehead atoms. The van der Waals surface area contributed by atoms with E-state index in [9.17, 15) is 18.3 Å². The summed E-state index contributed by atoms with van der Waals surface area (Å²) in [5.41, 5.74) is 0.0966. The van der Waals surface area contributed by atoms with E-state index in [2.05, 4.69) is 0 Å². The molecule has 0 spiro atoms. The maximum Gasteiger partial charge on any atom is 0.174 e. The highest BCUT2D eigenvalue weighted by Gasteiger charge is 2.51. The molecule has 0 aliphatic carbocycles. The van der Waals surface area contributed by atoms with Crippen molar-refractivity contribution in [3.05, 3.63) is 71.8 Å². The van der Waals surface area contributed by atoms with Gasteiger partial charge in [-0.1, -0.05) is 60.7 Å². The van der Waals surface area contributed by atoms with E-state index >= 15 is 0 Å². The quantitative estimate of drug-likeness (QED) is 0.746. The molecule has 2 fully saturated rings. The van der Waals surface area contributed by atoms with Crippen LogP contribution in [0.4, 0.5) is 0 Å². The van der Waals surface area contributed by atoms with Crippen molar-refractivity contribution in [3.63, 3.8) is 0 Å². The van der Waals surface area contributed by atoms with Crippen molar-refractivity contribution in [1.29, 1.82) is 0 Å². The van der Waals surface area contributed by atoms with E-state index in [0.29, 0.717) is 31.5 Å². The van der Waals surface area contributed by atoms with Crippen LogP contribution in [-0.4, -0.2) is 49.9 Å². The van der Waals surface area contributed by atoms with Crippen LogP contribution >= 0.6 is 0 Å². The second-order valence-electron chi connectivity index (χ2n) is 8.04. The van der Waals surface area contributed by atoms with Gasteiger partial charge in [0, 0.05) is 18.4 Å². The number of ketones is 1. The van der Waals surface area contributed by atoms with Gasteiger partial charge >= 0.3 is 0 Å². The number of sulfone groups is 1. The number of carbonyl (C=O) groups is 1. The monoisotopic (exact) mass is 400 g/mol. The number of benzene rings is 2. The summed E-state index contributed by atoms with van der Waals surface area (Å²) >= 11 is 0. The Morgan fingerprint density at radius 2 is 1.68 bits per heavy atom. The zero-order valence-corrected chi connectivity index (χ0v) is 16.6. The SMILES string of the molecule is O=C(c1ccccc1)[C@H]1C[NH+]([C@@H]2CCS(=O)(=O)C2)CC[C@]1(O)c1ccccc1. The third-order valence-corrected chi connectivity index (χ3v) is 8.10. The lowest BCUT2D eigenvalue weighted by molar-refractivity contribution is -0.932. The summed E-state index contributed by atoms with van der Waals surface area (Å²) in [6.07, 6.45) is 1.07. The van der Waals surface area contributed by atoms with Gasteiger partial charge in [0.15, 0.2) is 15.6 Å². The number of likely N-dealkylation sites (tertiary alicyclic amines) is 1. The van der Waals surface area contributed by atoms with Crippen LogP contribution in [0.3, 0.4) is 0 Å². The number of piperidine rings is 1. The Kier molecular flexibility index (Phi) is 5.12. The normalized spacial score (nSPS) is 32.1. The van der Waals surface area contributed by atoms with Gasteiger partial charge in [0.05, 0.1) is 18.8 Å². The largest absolute Gasteiger partial charge is 0.384 e. The molecule has 2 aromatic rings. The molecule has 0 aromatic heterocycles. The minimum atomic E-state index is -2.98. The molecule has 6 heteroatoms. The van der Waals surface area contributed by atoms with Crippen LogP contribution in [0.1, 0.15) is 28.8 Å². The van der Waals surface area contributed by atoms with Crippen molar-refractivity contribution in [2.75, 3.05) is 24.6 Å². The lowest BCUT2D eigenvalue weighted by Crippen LogP contribution is -3.18. The number of Topliss-reactive ketones (excluding diaryl/α,β-unsaturated/α-hetero) is 1. The zero-order valence-electron chi connectivity index (χ0n) is 15.8. The van der Waals surface area contributed by atoms with Crippen molar-refractivity contribution in [1.82, 2.24) is 0 Å². The van der Waals surface area contributed by atoms with E-state index in [4.69, 9.17) is 0 Å². The fourth-order valence-corrected chi connectivity index (χ4v) is 6.56. The van der Waals surface area contributed by atoms with Gasteiger partial charge in [0.2, 0.25) is 0 Å². The first-order valence-electron chi connectivity index (χ1n) is 9.81. The first-order valence-corrected chi connectivity index (χ1v) is 11.6. The van der Waals surface area contributed by atoms with Crippen LogP contribution in [0, 0.1) is 5.92 Å². The summed E-state index contributed by atoms with van der Waals surface area (Å²) in [6, 6.07) is 18.5. The van der Waals surface area contributed by atoms with Gasteiger partial charge in [-0.15, -0.1) is 0 Å². The Morgan fingerprint density at radius 3 is 2.29 bits per heavy atom. The molecule has 2 aliphatic rings. The van der Waals surface area contributed by atoms with Gasteiger partial charge in [-0.2, -0.15) is 0 Å². The van der Waals surface area contributed by atoms with Crippen molar-refractivity contribution < 1.29 is 23.2 Å². The van der Waals surface area contributed by atoms with Gasteiger partial charge in [0.1, 0.15) is 23.3 Å². The molecular formula is C22H26NO4S+. The Balaban J connectivity index is 1.67. The van der Waals surface area contributed by atoms with Crippen LogP contribution in [0.15, 0.2) is 60.7 Å². The van der Waals surface area contributed by atoms with Gasteiger partial charge in [-0.05, 0) is 5.56 Å². The highest BCUT2D eigenvalue weighted by molar-refractivity contribution is 7.91. The van der Waals surface area contributed by atoms with Gasteiger partial charge in [0.25, 0.3) is 0 Å². The Morgan fingerprint density at radius 1 is 1.04 bits per heavy atom. The van der Waals surface area contributed by atoms with Crippen LogP contribution in [0.25, 0.3) is 0 Å². The smallest absolute Gasteiger partial charge is 0.174 e. The molecule has 1 unspecified atom stereocenters. The molecule has 4 atom stereocenters. The van der Waals surface area contributed by atoms with E-state index in [-0.39, 0.29) is 23.3 Å². The lowest BCUT2D eigenvalue weighted by Gasteiger charge is -2.43. The molecule has 0 amide bonds. The van der Waals surface area contributed by atoms with Crippen LogP contribution in [0.5, 0.6) is 0 Å². The van der Waals surface area contributed by atoms with Crippen LogP contribution < -0.4 is 4.90 Å². The molecule has 2 aliphatic heterocycles. The highest BCUT2D eigenvalue weighted by atomic mass is 32.2. The molecule has 2 heterocycles. The fraction of sp³-hybridized carbons (Fsp3) is 0.409. The maximum absolute atomic E-state index is 13.4. The van der Waals surface area contributed by atoms with Crippen molar-refractivity contribution in [3.8, 4) is 0 Å². The number of nitrogens with one attached hydrogen (secondary N) is 1. The summed E-state index contributed by atoms with van der Waals surface area (Å²) < 4.78 is 23.9. The predicted octanol–water partition coefficient (Wildman–Crippen LogP) is 0.849. The molecule has 2 saturated heterocycles. The molecule has 4 rings (SSSR count). The third kappa shape index (κ3) is 3.64. The molecule has 148 valence electrons. The average Bonchev–Trinajstić information content (AvgIpc) is 3.09. The van der Waals surface area contributed by atoms with Crippen LogP contribution in [-0.2, 0) is 15.4 Å². The molecule has 0 saturated carbocycles. The van der Waals surface area contributed by atoms with E-state index < -0.39 is 21.4 Å². The second-order valence-corrected chi connectivity index (χ2v) is 10.3. The Labute approximate surface area is 165 Å². The topological polar surface area (TPSA) is 75.9 Å². The molecule has 28 heavy (non-hydrogen) atoms. The van der Waals surface area contributed by atoms with Gasteiger partial charge < -0.3 is 10.0 Å². The zero-order chi connectivity index (χ0) is 19.8. The minimum absolute atomic E-state index is 0.0106. The summed E-state index contributed by atoms with van der Waals surface area (Å²) in [6.45, 7) is 1.10. The number of quaternary nitrogens is 1. The molecule has 5 nitrogen and oxygen atoms in total. The minimum Gasteiger partial charge on any atom is -0.384 e. The van der Waals surface area contributed by atoms with Crippen molar-refractivity contribution >= 4 is 15.6 Å². The molecule has 2 N–H and O–H groups in total. The number of carbonyl (C=O) groups excluding carboxylic acids is 1. The Hall–Kier alpha value is -2.02. The number of hydrogen-bond acceptors (Lipinski definition) is 4. The van der Waals surface area contributed by atoms with Crippen molar-refractivity contribution in [2.24, 2.45) is 5.92 Å². The first kappa shape index (κ1) is 19.3.